The smallest absolute Gasteiger partial charge is 0.0628 e. The molecule has 0 bridgehead atoms. The molecule has 0 fully saturated rings. The number of halogens is 1. The van der Waals surface area contributed by atoms with Crippen molar-refractivity contribution in [3.63, 3.8) is 0 Å². The van der Waals surface area contributed by atoms with E-state index >= 15 is 0 Å². The summed E-state index contributed by atoms with van der Waals surface area (Å²) in [7, 11) is 0. The van der Waals surface area contributed by atoms with Gasteiger partial charge in [-0.05, 0) is 51.6 Å². The Morgan fingerprint density at radius 2 is 1.82 bits per heavy atom. The second-order valence-electron chi connectivity index (χ2n) is 3.69. The van der Waals surface area contributed by atoms with Crippen LogP contribution in [0.1, 0.15) is 0 Å². The van der Waals surface area contributed by atoms with Crippen LogP contribution in [-0.4, -0.2) is 4.57 Å². The molecule has 17 heavy (non-hydrogen) atoms. The van der Waals surface area contributed by atoms with Crippen molar-refractivity contribution in [2.45, 2.75) is 0 Å². The second kappa shape index (κ2) is 4.51. The summed E-state index contributed by atoms with van der Waals surface area (Å²) in [5.41, 5.74) is 2.40. The van der Waals surface area contributed by atoms with Gasteiger partial charge in [-0.3, -0.25) is 0 Å². The minimum absolute atomic E-state index is 1.11. The lowest BCUT2D eigenvalue weighted by molar-refractivity contribution is 1.08. The van der Waals surface area contributed by atoms with Gasteiger partial charge in [0.15, 0.2) is 0 Å². The van der Waals surface area contributed by atoms with Crippen LogP contribution in [0.5, 0.6) is 0 Å². The number of rotatable bonds is 2. The molecule has 84 valence electrons. The molecule has 3 rings (SSSR count). The van der Waals surface area contributed by atoms with Gasteiger partial charge in [0.2, 0.25) is 0 Å². The summed E-state index contributed by atoms with van der Waals surface area (Å²) in [6, 6.07) is 16.7. The van der Waals surface area contributed by atoms with E-state index in [2.05, 4.69) is 74.5 Å². The highest BCUT2D eigenvalue weighted by Crippen LogP contribution is 2.30. The maximum atomic E-state index is 3.60. The summed E-state index contributed by atoms with van der Waals surface area (Å²) in [6.07, 6.45) is 2.09. The fourth-order valence-electron chi connectivity index (χ4n) is 1.86. The first kappa shape index (κ1) is 10.8. The van der Waals surface area contributed by atoms with E-state index in [-0.39, 0.29) is 0 Å². The highest BCUT2D eigenvalue weighted by Gasteiger charge is 2.08. The zero-order chi connectivity index (χ0) is 11.7. The lowest BCUT2D eigenvalue weighted by Gasteiger charge is -2.09. The normalized spacial score (nSPS) is 10.6. The van der Waals surface area contributed by atoms with E-state index in [4.69, 9.17) is 0 Å². The summed E-state index contributed by atoms with van der Waals surface area (Å²) < 4.78 is 3.31. The molecule has 2 aromatic heterocycles. The largest absolute Gasteiger partial charge is 0.315 e. The predicted molar refractivity (Wildman–Crippen MR) is 76.8 cm³/mol. The van der Waals surface area contributed by atoms with Gasteiger partial charge in [0.1, 0.15) is 0 Å². The molecule has 0 amide bonds. The standard InChI is InChI=1S/C14H10BrNS/c15-11-5-1-2-6-12(11)16-9-3-7-13(16)14-8-4-10-17-14/h1-10H. The zero-order valence-electron chi connectivity index (χ0n) is 9.01. The number of hydrogen-bond donors (Lipinski definition) is 0. The minimum atomic E-state index is 1.11. The van der Waals surface area contributed by atoms with Crippen LogP contribution in [0.25, 0.3) is 16.3 Å². The van der Waals surface area contributed by atoms with E-state index in [0.717, 1.165) is 4.47 Å². The Hall–Kier alpha value is -1.32. The number of hydrogen-bond acceptors (Lipinski definition) is 1. The van der Waals surface area contributed by atoms with E-state index in [9.17, 15) is 0 Å². The van der Waals surface area contributed by atoms with Crippen LogP contribution in [0.3, 0.4) is 0 Å². The summed E-state index contributed by atoms with van der Waals surface area (Å²) in [6.45, 7) is 0. The maximum Gasteiger partial charge on any atom is 0.0628 e. The molecule has 0 aliphatic heterocycles. The van der Waals surface area contributed by atoms with E-state index in [1.165, 1.54) is 16.3 Å². The monoisotopic (exact) mass is 303 g/mol. The highest BCUT2D eigenvalue weighted by molar-refractivity contribution is 9.10. The zero-order valence-corrected chi connectivity index (χ0v) is 11.4. The van der Waals surface area contributed by atoms with Crippen LogP contribution in [0.2, 0.25) is 0 Å². The summed E-state index contributed by atoms with van der Waals surface area (Å²) in [4.78, 5) is 1.28. The van der Waals surface area contributed by atoms with Crippen LogP contribution in [0.4, 0.5) is 0 Å². The van der Waals surface area contributed by atoms with Gasteiger partial charge in [-0.15, -0.1) is 11.3 Å². The fourth-order valence-corrected chi connectivity index (χ4v) is 3.09. The first-order valence-electron chi connectivity index (χ1n) is 5.32. The van der Waals surface area contributed by atoms with Crippen LogP contribution in [0.15, 0.2) is 64.6 Å². The molecule has 0 saturated heterocycles. The molecule has 3 aromatic rings. The molecule has 1 nitrogen and oxygen atoms in total. The SMILES string of the molecule is Brc1ccccc1-n1cccc1-c1cccs1. The van der Waals surface area contributed by atoms with Crippen molar-refractivity contribution in [1.29, 1.82) is 0 Å². The Morgan fingerprint density at radius 1 is 0.941 bits per heavy atom. The predicted octanol–water partition coefficient (Wildman–Crippen LogP) is 4.97. The molecule has 0 N–H and O–H groups in total. The van der Waals surface area contributed by atoms with E-state index in [0.29, 0.717) is 0 Å². The summed E-state index contributed by atoms with van der Waals surface area (Å²) in [5, 5.41) is 2.10. The van der Waals surface area contributed by atoms with E-state index in [1.807, 2.05) is 6.07 Å². The van der Waals surface area contributed by atoms with Crippen LogP contribution >= 0.6 is 27.3 Å². The molecule has 0 saturated carbocycles. The average molecular weight is 304 g/mol. The molecule has 1 aromatic carbocycles. The van der Waals surface area contributed by atoms with E-state index in [1.54, 1.807) is 11.3 Å². The number of aromatic nitrogens is 1. The van der Waals surface area contributed by atoms with Gasteiger partial charge >= 0.3 is 0 Å². The lowest BCUT2D eigenvalue weighted by atomic mass is 10.3. The minimum Gasteiger partial charge on any atom is -0.315 e. The van der Waals surface area contributed by atoms with Crippen LogP contribution < -0.4 is 0 Å². The van der Waals surface area contributed by atoms with Crippen LogP contribution in [0, 0.1) is 0 Å². The Morgan fingerprint density at radius 3 is 2.59 bits per heavy atom. The van der Waals surface area contributed by atoms with Crippen molar-refractivity contribution < 1.29 is 0 Å². The second-order valence-corrected chi connectivity index (χ2v) is 5.49. The van der Waals surface area contributed by atoms with Gasteiger partial charge in [-0.1, -0.05) is 18.2 Å². The van der Waals surface area contributed by atoms with Crippen molar-refractivity contribution in [3.05, 3.63) is 64.6 Å². The molecule has 0 aliphatic rings. The number of nitrogens with zero attached hydrogens (tertiary/aromatic N) is 1. The molecule has 2 heterocycles. The van der Waals surface area contributed by atoms with Crippen molar-refractivity contribution in [1.82, 2.24) is 4.57 Å². The van der Waals surface area contributed by atoms with Crippen LogP contribution in [-0.2, 0) is 0 Å². The number of para-hydroxylation sites is 1. The van der Waals surface area contributed by atoms with Crippen molar-refractivity contribution in [3.8, 4) is 16.3 Å². The third-order valence-corrected chi connectivity index (χ3v) is 4.20. The molecule has 3 heteroatoms. The first-order valence-corrected chi connectivity index (χ1v) is 6.99. The Bertz CT molecular complexity index is 625. The van der Waals surface area contributed by atoms with Gasteiger partial charge in [-0.25, -0.2) is 0 Å². The topological polar surface area (TPSA) is 4.93 Å². The Kier molecular flexibility index (Phi) is 2.87. The molecular weight excluding hydrogens is 294 g/mol. The third kappa shape index (κ3) is 1.96. The molecule has 0 atom stereocenters. The highest BCUT2D eigenvalue weighted by atomic mass is 79.9. The molecule has 0 radical (unpaired) electrons. The Labute approximate surface area is 112 Å². The quantitative estimate of drug-likeness (QED) is 0.630. The molecule has 0 unspecified atom stereocenters. The molecule has 0 spiro atoms. The van der Waals surface area contributed by atoms with Gasteiger partial charge < -0.3 is 4.57 Å². The fraction of sp³-hybridized carbons (Fsp3) is 0. The molecular formula is C14H10BrNS. The molecule has 0 aliphatic carbocycles. The van der Waals surface area contributed by atoms with Gasteiger partial charge in [0.25, 0.3) is 0 Å². The van der Waals surface area contributed by atoms with Gasteiger partial charge in [-0.2, -0.15) is 0 Å². The summed E-state index contributed by atoms with van der Waals surface area (Å²) in [5.74, 6) is 0. The van der Waals surface area contributed by atoms with Crippen molar-refractivity contribution >= 4 is 27.3 Å². The first-order chi connectivity index (χ1) is 8.36. The van der Waals surface area contributed by atoms with Gasteiger partial charge in [0.05, 0.1) is 16.3 Å². The summed E-state index contributed by atoms with van der Waals surface area (Å²) >= 11 is 5.36. The number of thiophene rings is 1. The van der Waals surface area contributed by atoms with Gasteiger partial charge in [0, 0.05) is 10.7 Å². The third-order valence-electron chi connectivity index (χ3n) is 2.63. The Balaban J connectivity index is 2.17. The number of benzene rings is 1. The van der Waals surface area contributed by atoms with Crippen molar-refractivity contribution in [2.75, 3.05) is 0 Å². The van der Waals surface area contributed by atoms with Crippen molar-refractivity contribution in [2.24, 2.45) is 0 Å². The lowest BCUT2D eigenvalue weighted by Crippen LogP contribution is -1.94. The van der Waals surface area contributed by atoms with E-state index < -0.39 is 0 Å². The average Bonchev–Trinajstić information content (AvgIpc) is 3.00. The maximum absolute atomic E-state index is 3.60.